The van der Waals surface area contributed by atoms with E-state index in [-0.39, 0.29) is 11.8 Å². The van der Waals surface area contributed by atoms with Crippen LogP contribution in [0.2, 0.25) is 10.0 Å². The zero-order chi connectivity index (χ0) is 22.3. The highest BCUT2D eigenvalue weighted by molar-refractivity contribution is 6.31. The van der Waals surface area contributed by atoms with E-state index in [0.29, 0.717) is 11.6 Å². The number of pyridine rings is 1. The van der Waals surface area contributed by atoms with E-state index >= 15 is 0 Å². The van der Waals surface area contributed by atoms with Crippen molar-refractivity contribution in [3.63, 3.8) is 0 Å². The van der Waals surface area contributed by atoms with Crippen LogP contribution in [0.5, 0.6) is 0 Å². The first-order valence-electron chi connectivity index (χ1n) is 11.1. The molecule has 1 amide bonds. The molecule has 2 heterocycles. The number of anilines is 1. The average molecular weight is 471 g/mol. The standard InChI is InChI=1S/C25H28Cl2N4O/c26-20-6-4-18(5-7-20)16-31-14-1-3-19(17-31)25(32)30-12-2-11-28-23-10-13-29-24-15-21(27)8-9-22(23)24/h4-10,13,15,19H,1-3,11-12,14,16-17H2,(H,28,29)(H,30,32)/t19-/m1/s1. The molecule has 5 nitrogen and oxygen atoms in total. The minimum Gasteiger partial charge on any atom is -0.384 e. The summed E-state index contributed by atoms with van der Waals surface area (Å²) in [4.78, 5) is 19.4. The number of aromatic nitrogens is 1. The first-order valence-corrected chi connectivity index (χ1v) is 11.9. The number of benzene rings is 2. The quantitative estimate of drug-likeness (QED) is 0.434. The molecule has 2 aromatic carbocycles. The molecule has 4 rings (SSSR count). The molecule has 1 saturated heterocycles. The van der Waals surface area contributed by atoms with E-state index in [0.717, 1.165) is 67.1 Å². The SMILES string of the molecule is O=C(NCCCNc1ccnc2cc(Cl)ccc12)[C@@H]1CCCN(Cc2ccc(Cl)cc2)C1. The largest absolute Gasteiger partial charge is 0.384 e. The lowest BCUT2D eigenvalue weighted by molar-refractivity contribution is -0.126. The molecule has 7 heteroatoms. The van der Waals surface area contributed by atoms with Gasteiger partial charge in [-0.2, -0.15) is 0 Å². The predicted molar refractivity (Wildman–Crippen MR) is 132 cm³/mol. The van der Waals surface area contributed by atoms with Gasteiger partial charge in [0, 0.05) is 53.5 Å². The first-order chi connectivity index (χ1) is 15.6. The molecule has 32 heavy (non-hydrogen) atoms. The Morgan fingerprint density at radius 2 is 1.88 bits per heavy atom. The highest BCUT2D eigenvalue weighted by Crippen LogP contribution is 2.24. The molecule has 1 aliphatic rings. The number of nitrogens with one attached hydrogen (secondary N) is 2. The summed E-state index contributed by atoms with van der Waals surface area (Å²) in [6.45, 7) is 4.12. The minimum absolute atomic E-state index is 0.0536. The van der Waals surface area contributed by atoms with Crippen molar-refractivity contribution in [2.75, 3.05) is 31.5 Å². The number of fused-ring (bicyclic) bond motifs is 1. The van der Waals surface area contributed by atoms with Crippen LogP contribution >= 0.6 is 23.2 Å². The van der Waals surface area contributed by atoms with Crippen molar-refractivity contribution < 1.29 is 4.79 Å². The summed E-state index contributed by atoms with van der Waals surface area (Å²) in [7, 11) is 0. The van der Waals surface area contributed by atoms with Gasteiger partial charge in [0.2, 0.25) is 5.91 Å². The van der Waals surface area contributed by atoms with Crippen LogP contribution in [0.4, 0.5) is 5.69 Å². The second-order valence-corrected chi connectivity index (χ2v) is 9.16. The molecule has 0 radical (unpaired) electrons. The number of carbonyl (C=O) groups is 1. The fraction of sp³-hybridized carbons (Fsp3) is 0.360. The second kappa shape index (κ2) is 11.0. The molecule has 168 valence electrons. The maximum atomic E-state index is 12.7. The highest BCUT2D eigenvalue weighted by atomic mass is 35.5. The normalized spacial score (nSPS) is 16.8. The molecular formula is C25H28Cl2N4O. The van der Waals surface area contributed by atoms with Gasteiger partial charge in [0.1, 0.15) is 0 Å². The second-order valence-electron chi connectivity index (χ2n) is 8.29. The Labute approximate surface area is 199 Å². The van der Waals surface area contributed by atoms with Crippen molar-refractivity contribution in [1.29, 1.82) is 0 Å². The number of nitrogens with zero attached hydrogens (tertiary/aromatic N) is 2. The summed E-state index contributed by atoms with van der Waals surface area (Å²) in [6, 6.07) is 15.6. The van der Waals surface area contributed by atoms with E-state index in [9.17, 15) is 4.79 Å². The number of halogens is 2. The fourth-order valence-corrected chi connectivity index (χ4v) is 4.50. The van der Waals surface area contributed by atoms with Gasteiger partial charge >= 0.3 is 0 Å². The first kappa shape index (κ1) is 22.8. The van der Waals surface area contributed by atoms with Gasteiger partial charge in [0.15, 0.2) is 0 Å². The van der Waals surface area contributed by atoms with Crippen LogP contribution in [0.1, 0.15) is 24.8 Å². The Balaban J connectivity index is 1.20. The van der Waals surface area contributed by atoms with Gasteiger partial charge in [-0.3, -0.25) is 14.7 Å². The lowest BCUT2D eigenvalue weighted by Gasteiger charge is -2.32. The van der Waals surface area contributed by atoms with Gasteiger partial charge in [0.05, 0.1) is 11.4 Å². The Morgan fingerprint density at radius 1 is 1.06 bits per heavy atom. The van der Waals surface area contributed by atoms with Gasteiger partial charge in [-0.05, 0) is 67.8 Å². The van der Waals surface area contributed by atoms with Gasteiger partial charge in [-0.25, -0.2) is 0 Å². The van der Waals surface area contributed by atoms with E-state index in [2.05, 4.69) is 32.7 Å². The number of hydrogen-bond acceptors (Lipinski definition) is 4. The lowest BCUT2D eigenvalue weighted by Crippen LogP contribution is -2.43. The number of carbonyl (C=O) groups excluding carboxylic acids is 1. The predicted octanol–water partition coefficient (Wildman–Crippen LogP) is 5.37. The molecule has 1 aliphatic heterocycles. The molecule has 1 atom stereocenters. The van der Waals surface area contributed by atoms with Crippen molar-refractivity contribution in [2.45, 2.75) is 25.8 Å². The zero-order valence-electron chi connectivity index (χ0n) is 18.0. The van der Waals surface area contributed by atoms with Gasteiger partial charge in [0.25, 0.3) is 0 Å². The summed E-state index contributed by atoms with van der Waals surface area (Å²) in [5, 5.41) is 9.04. The van der Waals surface area contributed by atoms with Crippen LogP contribution in [0.3, 0.4) is 0 Å². The third kappa shape index (κ3) is 6.12. The Bertz CT molecular complexity index is 1060. The van der Waals surface area contributed by atoms with E-state index in [1.807, 2.05) is 36.4 Å². The monoisotopic (exact) mass is 470 g/mol. The molecule has 1 fully saturated rings. The maximum Gasteiger partial charge on any atom is 0.224 e. The molecule has 0 unspecified atom stereocenters. The average Bonchev–Trinajstić information content (AvgIpc) is 2.80. The number of hydrogen-bond donors (Lipinski definition) is 2. The van der Waals surface area contributed by atoms with Crippen LogP contribution in [0.25, 0.3) is 10.9 Å². The molecule has 0 spiro atoms. The Hall–Kier alpha value is -2.34. The van der Waals surface area contributed by atoms with Crippen LogP contribution in [-0.4, -0.2) is 42.0 Å². The fourth-order valence-electron chi connectivity index (χ4n) is 4.20. The summed E-state index contributed by atoms with van der Waals surface area (Å²) >= 11 is 12.0. The van der Waals surface area contributed by atoms with Crippen molar-refractivity contribution in [3.05, 3.63) is 70.3 Å². The summed E-state index contributed by atoms with van der Waals surface area (Å²) in [5.74, 6) is 0.215. The van der Waals surface area contributed by atoms with Crippen LogP contribution in [0, 0.1) is 5.92 Å². The molecule has 0 bridgehead atoms. The van der Waals surface area contributed by atoms with Crippen molar-refractivity contribution in [2.24, 2.45) is 5.92 Å². The van der Waals surface area contributed by atoms with Crippen molar-refractivity contribution in [1.82, 2.24) is 15.2 Å². The summed E-state index contributed by atoms with van der Waals surface area (Å²) in [6.07, 6.45) is 4.63. The molecular weight excluding hydrogens is 443 g/mol. The smallest absolute Gasteiger partial charge is 0.224 e. The molecule has 2 N–H and O–H groups in total. The van der Waals surface area contributed by atoms with Gasteiger partial charge < -0.3 is 10.6 Å². The molecule has 3 aromatic rings. The minimum atomic E-state index is 0.0536. The van der Waals surface area contributed by atoms with Gasteiger partial charge in [-0.1, -0.05) is 35.3 Å². The van der Waals surface area contributed by atoms with E-state index < -0.39 is 0 Å². The molecule has 0 saturated carbocycles. The maximum absolute atomic E-state index is 12.7. The van der Waals surface area contributed by atoms with Crippen molar-refractivity contribution in [3.8, 4) is 0 Å². The highest BCUT2D eigenvalue weighted by Gasteiger charge is 2.25. The Kier molecular flexibility index (Phi) is 7.85. The number of likely N-dealkylation sites (tertiary alicyclic amines) is 1. The summed E-state index contributed by atoms with van der Waals surface area (Å²) in [5.41, 5.74) is 3.13. The molecule has 1 aromatic heterocycles. The van der Waals surface area contributed by atoms with E-state index in [4.69, 9.17) is 23.2 Å². The van der Waals surface area contributed by atoms with E-state index in [1.165, 1.54) is 5.56 Å². The van der Waals surface area contributed by atoms with Crippen LogP contribution in [-0.2, 0) is 11.3 Å². The summed E-state index contributed by atoms with van der Waals surface area (Å²) < 4.78 is 0. The molecule has 0 aliphatic carbocycles. The number of piperidine rings is 1. The third-order valence-electron chi connectivity index (χ3n) is 5.87. The zero-order valence-corrected chi connectivity index (χ0v) is 19.5. The van der Waals surface area contributed by atoms with Crippen LogP contribution < -0.4 is 10.6 Å². The number of rotatable bonds is 8. The van der Waals surface area contributed by atoms with Gasteiger partial charge in [-0.15, -0.1) is 0 Å². The number of amides is 1. The van der Waals surface area contributed by atoms with E-state index in [1.54, 1.807) is 6.20 Å². The van der Waals surface area contributed by atoms with Crippen molar-refractivity contribution >= 4 is 45.7 Å². The third-order valence-corrected chi connectivity index (χ3v) is 6.36. The Morgan fingerprint density at radius 3 is 2.72 bits per heavy atom. The topological polar surface area (TPSA) is 57.3 Å². The van der Waals surface area contributed by atoms with Crippen LogP contribution in [0.15, 0.2) is 54.7 Å². The lowest BCUT2D eigenvalue weighted by atomic mass is 9.96.